The van der Waals surface area contributed by atoms with E-state index in [2.05, 4.69) is 5.32 Å². The molecule has 0 spiro atoms. The summed E-state index contributed by atoms with van der Waals surface area (Å²) in [7, 11) is 0. The molecule has 1 heterocycles. The van der Waals surface area contributed by atoms with Crippen molar-refractivity contribution >= 4 is 17.5 Å². The lowest BCUT2D eigenvalue weighted by Gasteiger charge is -2.33. The quantitative estimate of drug-likeness (QED) is 0.876. The summed E-state index contributed by atoms with van der Waals surface area (Å²) in [4.78, 5) is 26.5. The first-order valence-electron chi connectivity index (χ1n) is 8.70. The van der Waals surface area contributed by atoms with Crippen molar-refractivity contribution in [1.29, 1.82) is 0 Å². The highest BCUT2D eigenvalue weighted by atomic mass is 19.1. The van der Waals surface area contributed by atoms with Crippen molar-refractivity contribution < 1.29 is 23.5 Å². The number of nitrogens with zero attached hydrogens (tertiary/aromatic N) is 1. The molecular formula is C20H21FN2O4. The number of hydrogen-bond donors (Lipinski definition) is 1. The highest BCUT2D eigenvalue weighted by Gasteiger charge is 2.24. The van der Waals surface area contributed by atoms with E-state index >= 15 is 0 Å². The minimum atomic E-state index is -0.434. The van der Waals surface area contributed by atoms with Crippen LogP contribution in [-0.2, 0) is 9.53 Å². The molecule has 142 valence electrons. The fraction of sp³-hybridized carbons (Fsp3) is 0.300. The van der Waals surface area contributed by atoms with Crippen molar-refractivity contribution in [2.75, 3.05) is 31.7 Å². The number of amides is 2. The number of ether oxygens (including phenoxy) is 2. The Morgan fingerprint density at radius 3 is 2.85 bits per heavy atom. The summed E-state index contributed by atoms with van der Waals surface area (Å²) in [5, 5.41) is 2.68. The van der Waals surface area contributed by atoms with Gasteiger partial charge in [-0.1, -0.05) is 12.1 Å². The van der Waals surface area contributed by atoms with Crippen LogP contribution < -0.4 is 10.1 Å². The summed E-state index contributed by atoms with van der Waals surface area (Å²) >= 11 is 0. The first-order valence-corrected chi connectivity index (χ1v) is 8.70. The van der Waals surface area contributed by atoms with Crippen molar-refractivity contribution in [3.8, 4) is 5.75 Å². The molecule has 27 heavy (non-hydrogen) atoms. The molecule has 1 N–H and O–H groups in total. The van der Waals surface area contributed by atoms with Gasteiger partial charge in [0.05, 0.1) is 19.3 Å². The van der Waals surface area contributed by atoms with E-state index in [4.69, 9.17) is 9.47 Å². The van der Waals surface area contributed by atoms with Gasteiger partial charge in [0, 0.05) is 23.9 Å². The topological polar surface area (TPSA) is 67.9 Å². The van der Waals surface area contributed by atoms with Gasteiger partial charge in [-0.2, -0.15) is 0 Å². The number of benzene rings is 2. The smallest absolute Gasteiger partial charge is 0.262 e. The fourth-order valence-corrected chi connectivity index (χ4v) is 2.83. The van der Waals surface area contributed by atoms with Gasteiger partial charge in [-0.25, -0.2) is 4.39 Å². The summed E-state index contributed by atoms with van der Waals surface area (Å²) < 4.78 is 23.7. The normalized spacial score (nSPS) is 16.7. The molecule has 0 saturated carbocycles. The van der Waals surface area contributed by atoms with Gasteiger partial charge in [0.2, 0.25) is 0 Å². The SMILES string of the molecule is CC1COCCN1C(=O)c1cccc(NC(=O)COc2cccc(F)c2)c1. The first kappa shape index (κ1) is 18.8. The molecule has 0 aliphatic carbocycles. The molecule has 1 unspecified atom stereocenters. The zero-order valence-corrected chi connectivity index (χ0v) is 15.0. The second kappa shape index (κ2) is 8.64. The van der Waals surface area contributed by atoms with E-state index in [1.807, 2.05) is 6.92 Å². The summed E-state index contributed by atoms with van der Waals surface area (Å²) in [6.45, 7) is 3.25. The van der Waals surface area contributed by atoms with E-state index in [1.54, 1.807) is 35.2 Å². The van der Waals surface area contributed by atoms with Crippen LogP contribution in [0.25, 0.3) is 0 Å². The molecule has 6 nitrogen and oxygen atoms in total. The second-order valence-electron chi connectivity index (χ2n) is 6.30. The Labute approximate surface area is 156 Å². The van der Waals surface area contributed by atoms with Crippen molar-refractivity contribution in [2.24, 2.45) is 0 Å². The molecule has 2 aromatic rings. The van der Waals surface area contributed by atoms with E-state index in [-0.39, 0.29) is 24.3 Å². The number of halogens is 1. The maximum Gasteiger partial charge on any atom is 0.262 e. The zero-order valence-electron chi connectivity index (χ0n) is 15.0. The maximum atomic E-state index is 13.1. The van der Waals surface area contributed by atoms with Crippen LogP contribution >= 0.6 is 0 Å². The molecule has 1 aliphatic rings. The van der Waals surface area contributed by atoms with E-state index in [0.29, 0.717) is 31.0 Å². The molecule has 7 heteroatoms. The van der Waals surface area contributed by atoms with Crippen molar-refractivity contribution in [1.82, 2.24) is 4.90 Å². The number of rotatable bonds is 5. The third-order valence-electron chi connectivity index (χ3n) is 4.19. The van der Waals surface area contributed by atoms with Crippen LogP contribution in [0.1, 0.15) is 17.3 Å². The van der Waals surface area contributed by atoms with Gasteiger partial charge >= 0.3 is 0 Å². The number of morpholine rings is 1. The minimum absolute atomic E-state index is 0.00386. The van der Waals surface area contributed by atoms with Gasteiger partial charge in [-0.3, -0.25) is 9.59 Å². The highest BCUT2D eigenvalue weighted by molar-refractivity contribution is 5.97. The highest BCUT2D eigenvalue weighted by Crippen LogP contribution is 2.17. The Bertz CT molecular complexity index is 827. The molecule has 2 amide bonds. The van der Waals surface area contributed by atoms with Gasteiger partial charge in [-0.15, -0.1) is 0 Å². The van der Waals surface area contributed by atoms with E-state index in [0.717, 1.165) is 0 Å². The van der Waals surface area contributed by atoms with Crippen LogP contribution in [0.2, 0.25) is 0 Å². The molecule has 1 atom stereocenters. The predicted octanol–water partition coefficient (Wildman–Crippen LogP) is 2.70. The Hall–Kier alpha value is -2.93. The maximum absolute atomic E-state index is 13.1. The lowest BCUT2D eigenvalue weighted by atomic mass is 10.1. The lowest BCUT2D eigenvalue weighted by Crippen LogP contribution is -2.47. The summed E-state index contributed by atoms with van der Waals surface area (Å²) in [6.07, 6.45) is 0. The van der Waals surface area contributed by atoms with E-state index in [9.17, 15) is 14.0 Å². The molecule has 0 bridgehead atoms. The van der Waals surface area contributed by atoms with Crippen molar-refractivity contribution in [3.63, 3.8) is 0 Å². The number of carbonyl (C=O) groups excluding carboxylic acids is 2. The number of anilines is 1. The van der Waals surface area contributed by atoms with Crippen LogP contribution in [0, 0.1) is 5.82 Å². The summed E-state index contributed by atoms with van der Waals surface area (Å²) in [5.41, 5.74) is 0.988. The molecule has 1 fully saturated rings. The van der Waals surface area contributed by atoms with Gasteiger partial charge in [0.25, 0.3) is 11.8 Å². The van der Waals surface area contributed by atoms with Gasteiger partial charge in [-0.05, 0) is 37.3 Å². The van der Waals surface area contributed by atoms with Crippen molar-refractivity contribution in [3.05, 3.63) is 59.9 Å². The standard InChI is InChI=1S/C20H21FN2O4/c1-14-12-26-9-8-23(14)20(25)15-4-2-6-17(10-15)22-19(24)13-27-18-7-3-5-16(21)11-18/h2-7,10-11,14H,8-9,12-13H2,1H3,(H,22,24). The molecule has 0 radical (unpaired) electrons. The predicted molar refractivity (Wildman–Crippen MR) is 98.3 cm³/mol. The number of nitrogens with one attached hydrogen (secondary N) is 1. The van der Waals surface area contributed by atoms with Crippen LogP contribution in [-0.4, -0.2) is 49.1 Å². The van der Waals surface area contributed by atoms with Gasteiger partial charge < -0.3 is 19.7 Å². The van der Waals surface area contributed by atoms with E-state index in [1.165, 1.54) is 18.2 Å². The third-order valence-corrected chi connectivity index (χ3v) is 4.19. The number of carbonyl (C=O) groups is 2. The summed E-state index contributed by atoms with van der Waals surface area (Å²) in [5.74, 6) is -0.659. The van der Waals surface area contributed by atoms with Gasteiger partial charge in [0.1, 0.15) is 11.6 Å². The first-order chi connectivity index (χ1) is 13.0. The molecule has 3 rings (SSSR count). The van der Waals surface area contributed by atoms with Crippen molar-refractivity contribution in [2.45, 2.75) is 13.0 Å². The average molecular weight is 372 g/mol. The van der Waals surface area contributed by atoms with Crippen LogP contribution in [0.5, 0.6) is 5.75 Å². The zero-order chi connectivity index (χ0) is 19.2. The molecule has 1 saturated heterocycles. The lowest BCUT2D eigenvalue weighted by molar-refractivity contribution is -0.118. The van der Waals surface area contributed by atoms with Crippen LogP contribution in [0.4, 0.5) is 10.1 Å². The van der Waals surface area contributed by atoms with Crippen LogP contribution in [0.3, 0.4) is 0 Å². The average Bonchev–Trinajstić information content (AvgIpc) is 2.66. The summed E-state index contributed by atoms with van der Waals surface area (Å²) in [6, 6.07) is 12.3. The Morgan fingerprint density at radius 2 is 2.07 bits per heavy atom. The van der Waals surface area contributed by atoms with Crippen LogP contribution in [0.15, 0.2) is 48.5 Å². The Kier molecular flexibility index (Phi) is 6.03. The molecular weight excluding hydrogens is 351 g/mol. The Morgan fingerprint density at radius 1 is 1.26 bits per heavy atom. The minimum Gasteiger partial charge on any atom is -0.484 e. The van der Waals surface area contributed by atoms with E-state index < -0.39 is 11.7 Å². The number of hydrogen-bond acceptors (Lipinski definition) is 4. The third kappa shape index (κ3) is 5.04. The second-order valence-corrected chi connectivity index (χ2v) is 6.30. The fourth-order valence-electron chi connectivity index (χ4n) is 2.83. The monoisotopic (exact) mass is 372 g/mol. The van der Waals surface area contributed by atoms with Gasteiger partial charge in [0.15, 0.2) is 6.61 Å². The Balaban J connectivity index is 1.59. The molecule has 1 aliphatic heterocycles. The molecule has 0 aromatic heterocycles. The largest absolute Gasteiger partial charge is 0.484 e. The molecule has 2 aromatic carbocycles.